The quantitative estimate of drug-likeness (QED) is 0.275. The molecule has 2 spiro atoms. The van der Waals surface area contributed by atoms with Gasteiger partial charge in [-0.3, -0.25) is 4.79 Å². The molecule has 0 saturated heterocycles. The second-order valence-corrected chi connectivity index (χ2v) is 21.5. The Kier molecular flexibility index (Phi) is 8.51. The van der Waals surface area contributed by atoms with E-state index in [2.05, 4.69) is 52.0 Å². The van der Waals surface area contributed by atoms with Crippen molar-refractivity contribution in [1.29, 1.82) is 0 Å². The van der Waals surface area contributed by atoms with Crippen LogP contribution < -0.4 is 4.74 Å². The van der Waals surface area contributed by atoms with Crippen LogP contribution in [-0.2, 0) is 4.79 Å². The van der Waals surface area contributed by atoms with Gasteiger partial charge in [-0.05, 0) is 140 Å². The third kappa shape index (κ3) is 5.12. The zero-order valence-corrected chi connectivity index (χ0v) is 34.4. The number of carbonyl (C=O) groups excluding carboxylic acids is 2. The molecule has 7 saturated carbocycles. The Morgan fingerprint density at radius 1 is 0.821 bits per heavy atom. The average Bonchev–Trinajstić information content (AvgIpc) is 3.47. The summed E-state index contributed by atoms with van der Waals surface area (Å²) < 4.78 is 6.27. The molecular formula is C50H65NO5. The van der Waals surface area contributed by atoms with E-state index in [-0.39, 0.29) is 52.7 Å². The summed E-state index contributed by atoms with van der Waals surface area (Å²) in [5, 5.41) is 26.6. The van der Waals surface area contributed by atoms with Gasteiger partial charge in [0.25, 0.3) is 0 Å². The lowest BCUT2D eigenvalue weighted by Gasteiger charge is -2.71. The molecule has 6 nitrogen and oxygen atoms in total. The molecule has 1 amide bonds. The van der Waals surface area contributed by atoms with Crippen molar-refractivity contribution in [2.45, 2.75) is 136 Å². The van der Waals surface area contributed by atoms with E-state index in [4.69, 9.17) is 4.74 Å². The van der Waals surface area contributed by atoms with E-state index in [9.17, 15) is 15.0 Å². The molecule has 1 unspecified atom stereocenters. The topological polar surface area (TPSA) is 87.1 Å². The first-order valence-corrected chi connectivity index (χ1v) is 22.6. The van der Waals surface area contributed by atoms with Gasteiger partial charge in [-0.2, -0.15) is 0 Å². The van der Waals surface area contributed by atoms with Gasteiger partial charge in [-0.1, -0.05) is 95.5 Å². The Morgan fingerprint density at radius 3 is 2.32 bits per heavy atom. The number of hydrogen-bond donors (Lipinski definition) is 2. The second kappa shape index (κ2) is 12.8. The van der Waals surface area contributed by atoms with Gasteiger partial charge in [0.1, 0.15) is 5.75 Å². The van der Waals surface area contributed by atoms with Gasteiger partial charge in [-0.15, -0.1) is 0 Å². The highest BCUT2D eigenvalue weighted by Gasteiger charge is 2.75. The van der Waals surface area contributed by atoms with Crippen molar-refractivity contribution >= 4 is 22.6 Å². The molecule has 300 valence electrons. The first kappa shape index (κ1) is 37.3. The Morgan fingerprint density at radius 2 is 1.55 bits per heavy atom. The zero-order chi connectivity index (χ0) is 38.9. The molecule has 7 fully saturated rings. The normalized spacial score (nSPS) is 43.2. The molecule has 10 aliphatic rings. The fourth-order valence-corrected chi connectivity index (χ4v) is 15.6. The second-order valence-electron chi connectivity index (χ2n) is 21.5. The molecular weight excluding hydrogens is 695 g/mol. The standard InChI is InChI=1S/C50H65NO5/c1-45(2)36-16-14-35(39(45)27-36)30-51(44(54)56-38-17-15-32-10-8-9-13-34(32)26-38)31-49(55)23-20-42-47(49,4)22-19-41-46(3)21-18-37(52)28-48(46)24-25-50(41,42)40(29-48)43(53)33-11-6-5-7-12-33/h8-10,13,15,17,24-26,29,33,35-37,39,41-42,52,55H,5-7,11-12,14,16,18-23,27-28,30-31H2,1-4H3/t35-,36-,37?,39-,41+,42+,46+,47-,48-,49+,50+/m0/s1. The maximum Gasteiger partial charge on any atom is 0.415 e. The number of nitrogens with zero attached hydrogens (tertiary/aromatic N) is 1. The van der Waals surface area contributed by atoms with Crippen LogP contribution in [0.15, 0.2) is 66.3 Å². The molecule has 56 heavy (non-hydrogen) atoms. The summed E-state index contributed by atoms with van der Waals surface area (Å²) in [5.74, 6) is 3.01. The van der Waals surface area contributed by atoms with Gasteiger partial charge < -0.3 is 19.8 Å². The number of hydrogen-bond acceptors (Lipinski definition) is 5. The molecule has 6 heteroatoms. The van der Waals surface area contributed by atoms with Crippen LogP contribution in [-0.4, -0.2) is 51.8 Å². The summed E-state index contributed by atoms with van der Waals surface area (Å²) >= 11 is 0. The van der Waals surface area contributed by atoms with E-state index in [1.807, 2.05) is 41.3 Å². The molecule has 0 heterocycles. The van der Waals surface area contributed by atoms with E-state index in [1.165, 1.54) is 19.3 Å². The largest absolute Gasteiger partial charge is 0.415 e. The molecule has 11 atom stereocenters. The van der Waals surface area contributed by atoms with Crippen molar-refractivity contribution in [3.63, 3.8) is 0 Å². The number of amides is 1. The first-order valence-electron chi connectivity index (χ1n) is 22.6. The van der Waals surface area contributed by atoms with Gasteiger partial charge >= 0.3 is 6.09 Å². The van der Waals surface area contributed by atoms with Crippen LogP contribution in [0.2, 0.25) is 0 Å². The predicted molar refractivity (Wildman–Crippen MR) is 220 cm³/mol. The summed E-state index contributed by atoms with van der Waals surface area (Å²) in [6.45, 7) is 10.4. The molecule has 4 bridgehead atoms. The molecule has 2 aromatic rings. The van der Waals surface area contributed by atoms with E-state index >= 15 is 4.79 Å². The molecule has 0 radical (unpaired) electrons. The van der Waals surface area contributed by atoms with Crippen molar-refractivity contribution in [2.75, 3.05) is 13.1 Å². The molecule has 2 aromatic carbocycles. The number of benzene rings is 2. The number of aliphatic hydroxyl groups is 2. The Labute approximate surface area is 334 Å². The highest BCUT2D eigenvalue weighted by molar-refractivity contribution is 6.00. The highest BCUT2D eigenvalue weighted by atomic mass is 16.6. The fourth-order valence-electron chi connectivity index (χ4n) is 15.6. The number of rotatable bonds is 7. The van der Waals surface area contributed by atoms with Crippen molar-refractivity contribution < 1.29 is 24.5 Å². The van der Waals surface area contributed by atoms with Crippen molar-refractivity contribution in [3.8, 4) is 5.75 Å². The number of allylic oxidation sites excluding steroid dienone is 4. The van der Waals surface area contributed by atoms with Gasteiger partial charge in [0.2, 0.25) is 0 Å². The summed E-state index contributed by atoms with van der Waals surface area (Å²) in [7, 11) is 0. The maximum absolute atomic E-state index is 15.0. The third-order valence-corrected chi connectivity index (χ3v) is 19.0. The summed E-state index contributed by atoms with van der Waals surface area (Å²) in [6.07, 6.45) is 21.1. The summed E-state index contributed by atoms with van der Waals surface area (Å²) in [6, 6.07) is 14.0. The van der Waals surface area contributed by atoms with Crippen LogP contribution in [0.5, 0.6) is 5.75 Å². The number of carbonyl (C=O) groups is 2. The van der Waals surface area contributed by atoms with E-state index in [1.54, 1.807) is 0 Å². The molecule has 12 rings (SSSR count). The minimum atomic E-state index is -1.13. The maximum atomic E-state index is 15.0. The SMILES string of the molecule is CC1(C)[C@H]2CC[C@@H](CN(C[C@]3(O)CC[C@H]4[C@]56C=C[C@@]7(C=C5C(=O)C5CCCCC5)CC(O)CC[C@]7(C)[C@H]6CC[C@@]43C)C(=O)Oc3ccc4ccccc4c3)[C@@H]1C2. The Hall–Kier alpha value is -2.96. The van der Waals surface area contributed by atoms with Crippen LogP contribution in [0, 0.1) is 62.6 Å². The zero-order valence-electron chi connectivity index (χ0n) is 34.4. The van der Waals surface area contributed by atoms with Crippen molar-refractivity contribution in [2.24, 2.45) is 62.6 Å². The van der Waals surface area contributed by atoms with E-state index in [0.29, 0.717) is 42.8 Å². The molecule has 0 aliphatic heterocycles. The van der Waals surface area contributed by atoms with Crippen LogP contribution in [0.4, 0.5) is 4.79 Å². The number of fused-ring (bicyclic) bond motifs is 4. The monoisotopic (exact) mass is 759 g/mol. The summed E-state index contributed by atoms with van der Waals surface area (Å²) in [5.41, 5.74) is -1.15. The van der Waals surface area contributed by atoms with Gasteiger partial charge in [-0.25, -0.2) is 4.79 Å². The number of ether oxygens (including phenoxy) is 1. The lowest BCUT2D eigenvalue weighted by molar-refractivity contribution is -0.180. The first-order chi connectivity index (χ1) is 26.7. The van der Waals surface area contributed by atoms with Gasteiger partial charge in [0, 0.05) is 34.3 Å². The van der Waals surface area contributed by atoms with E-state index in [0.717, 1.165) is 86.5 Å². The van der Waals surface area contributed by atoms with Crippen molar-refractivity contribution in [1.82, 2.24) is 4.90 Å². The van der Waals surface area contributed by atoms with Gasteiger partial charge in [0.05, 0.1) is 18.2 Å². The third-order valence-electron chi connectivity index (χ3n) is 19.0. The average molecular weight is 760 g/mol. The smallest absolute Gasteiger partial charge is 0.410 e. The van der Waals surface area contributed by atoms with Crippen LogP contribution in [0.3, 0.4) is 0 Å². The highest BCUT2D eigenvalue weighted by Crippen LogP contribution is 2.78. The lowest BCUT2D eigenvalue weighted by Crippen LogP contribution is -2.67. The Balaban J connectivity index is 1.01. The minimum Gasteiger partial charge on any atom is -0.410 e. The number of Topliss-reactive ketones (excluding diaryl/α,β-unsaturated/α-hetero) is 1. The van der Waals surface area contributed by atoms with Crippen LogP contribution >= 0.6 is 0 Å². The van der Waals surface area contributed by atoms with Crippen LogP contribution in [0.1, 0.15) is 124 Å². The predicted octanol–water partition coefficient (Wildman–Crippen LogP) is 10.5. The molecule has 2 N–H and O–H groups in total. The number of ketones is 1. The van der Waals surface area contributed by atoms with Crippen LogP contribution in [0.25, 0.3) is 10.8 Å². The minimum absolute atomic E-state index is 0.0521. The fraction of sp³-hybridized carbons (Fsp3) is 0.680. The number of aliphatic hydroxyl groups excluding tert-OH is 1. The summed E-state index contributed by atoms with van der Waals surface area (Å²) in [4.78, 5) is 31.5. The molecule has 0 aromatic heterocycles. The molecule has 10 aliphatic carbocycles. The van der Waals surface area contributed by atoms with Crippen molar-refractivity contribution in [3.05, 3.63) is 66.3 Å². The van der Waals surface area contributed by atoms with Gasteiger partial charge in [0.15, 0.2) is 5.78 Å². The van der Waals surface area contributed by atoms with E-state index < -0.39 is 16.4 Å². The lowest BCUT2D eigenvalue weighted by atomic mass is 9.32. The Bertz CT molecular complexity index is 1990.